The number of rotatable bonds is 3. The molecule has 0 aliphatic heterocycles. The van der Waals surface area contributed by atoms with Gasteiger partial charge in [0.2, 0.25) is 0 Å². The lowest BCUT2D eigenvalue weighted by Crippen LogP contribution is -2.35. The number of aromatic nitrogens is 1. The number of likely N-dealkylation sites (N-methyl/N-ethyl adjacent to an activating group) is 1. The van der Waals surface area contributed by atoms with Gasteiger partial charge in [-0.15, -0.1) is 0 Å². The molecular formula is C11H19N3. The molecule has 3 nitrogen and oxygen atoms in total. The van der Waals surface area contributed by atoms with Crippen LogP contribution in [0.25, 0.3) is 0 Å². The molecule has 78 valence electrons. The van der Waals surface area contributed by atoms with Gasteiger partial charge < -0.3 is 10.6 Å². The topological polar surface area (TPSA) is 42.1 Å². The normalized spacial score (nSPS) is 12.6. The van der Waals surface area contributed by atoms with Gasteiger partial charge in [-0.2, -0.15) is 0 Å². The van der Waals surface area contributed by atoms with E-state index in [4.69, 9.17) is 5.73 Å². The molecule has 0 saturated heterocycles. The molecule has 1 rings (SSSR count). The van der Waals surface area contributed by atoms with Gasteiger partial charge in [0, 0.05) is 25.3 Å². The van der Waals surface area contributed by atoms with Crippen LogP contribution in [0.3, 0.4) is 0 Å². The van der Waals surface area contributed by atoms with E-state index in [0.717, 1.165) is 11.5 Å². The van der Waals surface area contributed by atoms with Gasteiger partial charge in [0.15, 0.2) is 0 Å². The number of nitrogens with zero attached hydrogens (tertiary/aromatic N) is 2. The van der Waals surface area contributed by atoms with Gasteiger partial charge in [0.25, 0.3) is 0 Å². The van der Waals surface area contributed by atoms with Crippen LogP contribution in [0.5, 0.6) is 0 Å². The Kier molecular flexibility index (Phi) is 3.47. The van der Waals surface area contributed by atoms with E-state index in [2.05, 4.69) is 29.8 Å². The second-order valence-electron chi connectivity index (χ2n) is 3.77. The van der Waals surface area contributed by atoms with Crippen molar-refractivity contribution in [1.82, 2.24) is 4.98 Å². The minimum atomic E-state index is 0.324. The zero-order valence-electron chi connectivity index (χ0n) is 9.41. The maximum atomic E-state index is 5.61. The predicted octanol–water partition coefficient (Wildman–Crippen LogP) is 1.48. The van der Waals surface area contributed by atoms with Crippen LogP contribution in [-0.4, -0.2) is 24.6 Å². The van der Waals surface area contributed by atoms with Gasteiger partial charge in [0.05, 0.1) is 0 Å². The largest absolute Gasteiger partial charge is 0.356 e. The van der Waals surface area contributed by atoms with Crippen LogP contribution in [0.2, 0.25) is 0 Å². The maximum absolute atomic E-state index is 5.61. The summed E-state index contributed by atoms with van der Waals surface area (Å²) in [5.41, 5.74) is 7.92. The summed E-state index contributed by atoms with van der Waals surface area (Å²) in [5, 5.41) is 0. The number of hydrogen-bond donors (Lipinski definition) is 1. The molecule has 14 heavy (non-hydrogen) atoms. The number of nitrogens with two attached hydrogens (primary N) is 1. The molecule has 0 saturated carbocycles. The number of anilines is 1. The van der Waals surface area contributed by atoms with Crippen LogP contribution < -0.4 is 10.6 Å². The first kappa shape index (κ1) is 11.0. The fraction of sp³-hybridized carbons (Fsp3) is 0.545. The average molecular weight is 193 g/mol. The van der Waals surface area contributed by atoms with E-state index in [1.807, 2.05) is 20.0 Å². The molecule has 1 heterocycles. The van der Waals surface area contributed by atoms with Crippen molar-refractivity contribution >= 4 is 5.82 Å². The van der Waals surface area contributed by atoms with Crippen molar-refractivity contribution in [2.75, 3.05) is 18.5 Å². The van der Waals surface area contributed by atoms with Gasteiger partial charge in [0.1, 0.15) is 5.82 Å². The fourth-order valence-electron chi connectivity index (χ4n) is 1.20. The monoisotopic (exact) mass is 193 g/mol. The summed E-state index contributed by atoms with van der Waals surface area (Å²) in [5.74, 6) is 0.992. The van der Waals surface area contributed by atoms with Crippen molar-refractivity contribution in [2.24, 2.45) is 5.73 Å². The SMILES string of the molecule is Cc1ccc(N(C)C(C)CN)nc1C. The molecule has 3 heteroatoms. The smallest absolute Gasteiger partial charge is 0.128 e. The van der Waals surface area contributed by atoms with Gasteiger partial charge in [-0.25, -0.2) is 4.98 Å². The highest BCUT2D eigenvalue weighted by atomic mass is 15.2. The van der Waals surface area contributed by atoms with Gasteiger partial charge >= 0.3 is 0 Å². The fourth-order valence-corrected chi connectivity index (χ4v) is 1.20. The Labute approximate surface area is 85.9 Å². The lowest BCUT2D eigenvalue weighted by atomic mass is 10.2. The second kappa shape index (κ2) is 4.42. The Morgan fingerprint density at radius 2 is 2.07 bits per heavy atom. The maximum Gasteiger partial charge on any atom is 0.128 e. The Morgan fingerprint density at radius 1 is 1.43 bits per heavy atom. The highest BCUT2D eigenvalue weighted by Crippen LogP contribution is 2.14. The summed E-state index contributed by atoms with van der Waals surface area (Å²) in [6.07, 6.45) is 0. The van der Waals surface area contributed by atoms with Crippen LogP contribution in [0.1, 0.15) is 18.2 Å². The third-order valence-corrected chi connectivity index (χ3v) is 2.70. The molecule has 0 radical (unpaired) electrons. The van der Waals surface area contributed by atoms with E-state index in [1.165, 1.54) is 5.56 Å². The first-order valence-corrected chi connectivity index (χ1v) is 4.93. The van der Waals surface area contributed by atoms with Gasteiger partial charge in [-0.3, -0.25) is 0 Å². The van der Waals surface area contributed by atoms with E-state index < -0.39 is 0 Å². The molecule has 0 aliphatic carbocycles. The average Bonchev–Trinajstić information content (AvgIpc) is 2.20. The summed E-state index contributed by atoms with van der Waals surface area (Å²) < 4.78 is 0. The number of pyridine rings is 1. The summed E-state index contributed by atoms with van der Waals surface area (Å²) in [7, 11) is 2.02. The second-order valence-corrected chi connectivity index (χ2v) is 3.77. The standard InChI is InChI=1S/C11H19N3/c1-8-5-6-11(13-10(8)3)14(4)9(2)7-12/h5-6,9H,7,12H2,1-4H3. The predicted molar refractivity (Wildman–Crippen MR) is 60.6 cm³/mol. The first-order chi connectivity index (χ1) is 6.56. The summed E-state index contributed by atoms with van der Waals surface area (Å²) in [6, 6.07) is 4.45. The lowest BCUT2D eigenvalue weighted by molar-refractivity contribution is 0.686. The zero-order chi connectivity index (χ0) is 10.7. The molecule has 1 aromatic heterocycles. The third-order valence-electron chi connectivity index (χ3n) is 2.70. The van der Waals surface area contributed by atoms with Crippen LogP contribution in [-0.2, 0) is 0 Å². The minimum Gasteiger partial charge on any atom is -0.356 e. The van der Waals surface area contributed by atoms with Gasteiger partial charge in [-0.05, 0) is 32.4 Å². The molecule has 0 amide bonds. The molecule has 0 bridgehead atoms. The molecule has 0 aromatic carbocycles. The van der Waals surface area contributed by atoms with Crippen molar-refractivity contribution in [3.63, 3.8) is 0 Å². The number of hydrogen-bond acceptors (Lipinski definition) is 3. The third kappa shape index (κ3) is 2.23. The summed E-state index contributed by atoms with van der Waals surface area (Å²) in [4.78, 5) is 6.62. The lowest BCUT2D eigenvalue weighted by Gasteiger charge is -2.25. The highest BCUT2D eigenvalue weighted by molar-refractivity contribution is 5.41. The van der Waals surface area contributed by atoms with Crippen molar-refractivity contribution in [3.8, 4) is 0 Å². The summed E-state index contributed by atoms with van der Waals surface area (Å²) in [6.45, 7) is 6.83. The molecule has 0 aliphatic rings. The van der Waals surface area contributed by atoms with Crippen LogP contribution >= 0.6 is 0 Å². The molecule has 1 aromatic rings. The van der Waals surface area contributed by atoms with E-state index >= 15 is 0 Å². The Morgan fingerprint density at radius 3 is 2.57 bits per heavy atom. The number of aryl methyl sites for hydroxylation is 2. The van der Waals surface area contributed by atoms with Crippen molar-refractivity contribution in [2.45, 2.75) is 26.8 Å². The summed E-state index contributed by atoms with van der Waals surface area (Å²) >= 11 is 0. The Balaban J connectivity index is 2.91. The quantitative estimate of drug-likeness (QED) is 0.790. The molecular weight excluding hydrogens is 174 g/mol. The van der Waals surface area contributed by atoms with E-state index in [9.17, 15) is 0 Å². The van der Waals surface area contributed by atoms with E-state index in [1.54, 1.807) is 0 Å². The van der Waals surface area contributed by atoms with E-state index in [0.29, 0.717) is 12.6 Å². The van der Waals surface area contributed by atoms with Crippen LogP contribution in [0.15, 0.2) is 12.1 Å². The van der Waals surface area contributed by atoms with Crippen molar-refractivity contribution < 1.29 is 0 Å². The molecule has 0 fully saturated rings. The Hall–Kier alpha value is -1.09. The molecule has 1 unspecified atom stereocenters. The van der Waals surface area contributed by atoms with E-state index in [-0.39, 0.29) is 0 Å². The van der Waals surface area contributed by atoms with Crippen molar-refractivity contribution in [3.05, 3.63) is 23.4 Å². The first-order valence-electron chi connectivity index (χ1n) is 4.93. The van der Waals surface area contributed by atoms with Crippen LogP contribution in [0, 0.1) is 13.8 Å². The Bertz CT molecular complexity index is 309. The molecule has 0 spiro atoms. The zero-order valence-corrected chi connectivity index (χ0v) is 9.41. The van der Waals surface area contributed by atoms with Gasteiger partial charge in [-0.1, -0.05) is 6.07 Å². The molecule has 1 atom stereocenters. The molecule has 2 N–H and O–H groups in total. The van der Waals surface area contributed by atoms with Crippen molar-refractivity contribution in [1.29, 1.82) is 0 Å². The highest BCUT2D eigenvalue weighted by Gasteiger charge is 2.09. The van der Waals surface area contributed by atoms with Crippen LogP contribution in [0.4, 0.5) is 5.82 Å². The minimum absolute atomic E-state index is 0.324.